The van der Waals surface area contributed by atoms with Gasteiger partial charge in [0.25, 0.3) is 0 Å². The summed E-state index contributed by atoms with van der Waals surface area (Å²) in [6, 6.07) is 0.665. The Kier molecular flexibility index (Phi) is 2.76. The van der Waals surface area contributed by atoms with E-state index in [0.717, 1.165) is 6.07 Å². The van der Waals surface area contributed by atoms with Crippen molar-refractivity contribution in [3.05, 3.63) is 29.3 Å². The van der Waals surface area contributed by atoms with E-state index in [9.17, 15) is 18.4 Å². The molecule has 0 aromatic heterocycles. The minimum absolute atomic E-state index is 0.00218. The molecule has 1 aliphatic rings. The van der Waals surface area contributed by atoms with Crippen molar-refractivity contribution in [2.45, 2.75) is 6.04 Å². The lowest BCUT2D eigenvalue weighted by Gasteiger charge is -2.10. The van der Waals surface area contributed by atoms with Crippen LogP contribution in [-0.2, 0) is 9.59 Å². The summed E-state index contributed by atoms with van der Waals surface area (Å²) in [5, 5.41) is 4.82. The fraction of sp³-hybridized carbons (Fsp3) is 0.200. The Morgan fingerprint density at radius 2 is 2.18 bits per heavy atom. The topological polar surface area (TPSA) is 84.2 Å². The van der Waals surface area contributed by atoms with Crippen molar-refractivity contribution < 1.29 is 18.4 Å². The highest BCUT2D eigenvalue weighted by Crippen LogP contribution is 2.33. The van der Waals surface area contributed by atoms with Gasteiger partial charge in [-0.3, -0.25) is 14.9 Å². The van der Waals surface area contributed by atoms with E-state index in [0.29, 0.717) is 6.07 Å². The molecular formula is C10H9F2N3O2. The monoisotopic (exact) mass is 241 g/mol. The molecule has 0 spiro atoms. The van der Waals surface area contributed by atoms with Crippen molar-refractivity contribution in [2.75, 3.05) is 11.9 Å². The van der Waals surface area contributed by atoms with E-state index in [1.54, 1.807) is 0 Å². The van der Waals surface area contributed by atoms with Gasteiger partial charge < -0.3 is 11.1 Å². The zero-order chi connectivity index (χ0) is 12.6. The number of amides is 2. The summed E-state index contributed by atoms with van der Waals surface area (Å²) in [5.74, 6) is -2.85. The lowest BCUT2D eigenvalue weighted by molar-refractivity contribution is -0.119. The second-order valence-electron chi connectivity index (χ2n) is 3.62. The summed E-state index contributed by atoms with van der Waals surface area (Å²) >= 11 is 0. The van der Waals surface area contributed by atoms with E-state index >= 15 is 0 Å². The number of primary amides is 1. The number of benzene rings is 1. The minimum Gasteiger partial charge on any atom is -0.369 e. The highest BCUT2D eigenvalue weighted by atomic mass is 19.1. The summed E-state index contributed by atoms with van der Waals surface area (Å²) in [6.07, 6.45) is 0. The highest BCUT2D eigenvalue weighted by molar-refractivity contribution is 6.02. The van der Waals surface area contributed by atoms with Crippen molar-refractivity contribution in [2.24, 2.45) is 5.73 Å². The van der Waals surface area contributed by atoms with Gasteiger partial charge in [-0.25, -0.2) is 8.78 Å². The molecule has 1 aromatic carbocycles. The SMILES string of the molecule is NC(=O)CNC1C(=O)Nc2cc(F)cc(F)c21. The van der Waals surface area contributed by atoms with E-state index in [2.05, 4.69) is 10.6 Å². The van der Waals surface area contributed by atoms with Crippen LogP contribution in [0.1, 0.15) is 11.6 Å². The Hall–Kier alpha value is -2.02. The third-order valence-electron chi connectivity index (χ3n) is 2.38. The molecule has 2 rings (SSSR count). The Morgan fingerprint density at radius 1 is 1.47 bits per heavy atom. The summed E-state index contributed by atoms with van der Waals surface area (Å²) in [7, 11) is 0. The number of rotatable bonds is 3. The number of hydrogen-bond acceptors (Lipinski definition) is 3. The zero-order valence-electron chi connectivity index (χ0n) is 8.59. The summed E-state index contributed by atoms with van der Waals surface area (Å²) < 4.78 is 26.4. The molecule has 4 N–H and O–H groups in total. The number of carbonyl (C=O) groups excluding carboxylic acids is 2. The van der Waals surface area contributed by atoms with Crippen LogP contribution >= 0.6 is 0 Å². The van der Waals surface area contributed by atoms with Crippen molar-refractivity contribution in [1.82, 2.24) is 5.32 Å². The van der Waals surface area contributed by atoms with Crippen molar-refractivity contribution in [3.63, 3.8) is 0 Å². The van der Waals surface area contributed by atoms with Crippen LogP contribution in [0.3, 0.4) is 0 Å². The van der Waals surface area contributed by atoms with Crippen LogP contribution in [0.15, 0.2) is 12.1 Å². The number of anilines is 1. The molecule has 0 radical (unpaired) electrons. The third-order valence-corrected chi connectivity index (χ3v) is 2.38. The summed E-state index contributed by atoms with van der Waals surface area (Å²) in [5.41, 5.74) is 4.97. The molecule has 1 heterocycles. The van der Waals surface area contributed by atoms with E-state index in [1.165, 1.54) is 0 Å². The van der Waals surface area contributed by atoms with Crippen molar-refractivity contribution in [1.29, 1.82) is 0 Å². The fourth-order valence-corrected chi connectivity index (χ4v) is 1.71. The first-order valence-electron chi connectivity index (χ1n) is 4.80. The summed E-state index contributed by atoms with van der Waals surface area (Å²) in [4.78, 5) is 22.1. The molecule has 7 heteroatoms. The van der Waals surface area contributed by atoms with Crippen LogP contribution in [0.5, 0.6) is 0 Å². The molecule has 0 saturated heterocycles. The predicted octanol–water partition coefficient (Wildman–Crippen LogP) is 0.0329. The van der Waals surface area contributed by atoms with Gasteiger partial charge in [-0.1, -0.05) is 0 Å². The Bertz CT molecular complexity index is 505. The summed E-state index contributed by atoms with van der Waals surface area (Å²) in [6.45, 7) is -0.270. The van der Waals surface area contributed by atoms with Gasteiger partial charge in [-0.2, -0.15) is 0 Å². The Morgan fingerprint density at radius 3 is 2.82 bits per heavy atom. The maximum Gasteiger partial charge on any atom is 0.246 e. The molecule has 0 saturated carbocycles. The minimum atomic E-state index is -1.03. The van der Waals surface area contributed by atoms with Crippen LogP contribution in [0, 0.1) is 11.6 Å². The lowest BCUT2D eigenvalue weighted by atomic mass is 10.1. The maximum absolute atomic E-state index is 13.5. The van der Waals surface area contributed by atoms with Crippen LogP contribution in [0.25, 0.3) is 0 Å². The van der Waals surface area contributed by atoms with Crippen molar-refractivity contribution in [3.8, 4) is 0 Å². The fourth-order valence-electron chi connectivity index (χ4n) is 1.71. The van der Waals surface area contributed by atoms with Crippen LogP contribution < -0.4 is 16.4 Å². The first-order valence-corrected chi connectivity index (χ1v) is 4.80. The number of fused-ring (bicyclic) bond motifs is 1. The van der Waals surface area contributed by atoms with E-state index in [1.807, 2.05) is 0 Å². The standard InChI is InChI=1S/C10H9F2N3O2/c11-4-1-5(12)8-6(2-4)15-10(17)9(8)14-3-7(13)16/h1-2,9,14H,3H2,(H2,13,16)(H,15,17). The normalized spacial score (nSPS) is 17.8. The predicted molar refractivity (Wildman–Crippen MR) is 54.9 cm³/mol. The van der Waals surface area contributed by atoms with Gasteiger partial charge in [0.1, 0.15) is 17.7 Å². The smallest absolute Gasteiger partial charge is 0.246 e. The molecule has 5 nitrogen and oxygen atoms in total. The first-order chi connectivity index (χ1) is 7.99. The molecule has 17 heavy (non-hydrogen) atoms. The van der Waals surface area contributed by atoms with Crippen molar-refractivity contribution >= 4 is 17.5 Å². The third kappa shape index (κ3) is 2.09. The molecule has 1 unspecified atom stereocenters. The van der Waals surface area contributed by atoms with Crippen LogP contribution in [0.4, 0.5) is 14.5 Å². The zero-order valence-corrected chi connectivity index (χ0v) is 8.59. The van der Waals surface area contributed by atoms with Crippen LogP contribution in [-0.4, -0.2) is 18.4 Å². The Labute approximate surface area is 95.0 Å². The molecule has 2 amide bonds. The molecule has 1 aromatic rings. The first kappa shape index (κ1) is 11.5. The number of hydrogen-bond donors (Lipinski definition) is 3. The average Bonchev–Trinajstić information content (AvgIpc) is 2.51. The lowest BCUT2D eigenvalue weighted by Crippen LogP contribution is -2.35. The molecule has 1 atom stereocenters. The van der Waals surface area contributed by atoms with Gasteiger partial charge in [0.15, 0.2) is 0 Å². The molecule has 0 fully saturated rings. The Balaban J connectivity index is 2.33. The second kappa shape index (κ2) is 4.10. The largest absolute Gasteiger partial charge is 0.369 e. The molecule has 0 bridgehead atoms. The van der Waals surface area contributed by atoms with Gasteiger partial charge in [0, 0.05) is 11.6 Å². The van der Waals surface area contributed by atoms with Gasteiger partial charge in [-0.05, 0) is 6.07 Å². The highest BCUT2D eigenvalue weighted by Gasteiger charge is 2.33. The molecule has 90 valence electrons. The number of halogens is 2. The van der Waals surface area contributed by atoms with Gasteiger partial charge in [-0.15, -0.1) is 0 Å². The molecule has 0 aliphatic carbocycles. The number of carbonyl (C=O) groups is 2. The maximum atomic E-state index is 13.5. The van der Waals surface area contributed by atoms with Crippen LogP contribution in [0.2, 0.25) is 0 Å². The number of nitrogens with one attached hydrogen (secondary N) is 2. The van der Waals surface area contributed by atoms with E-state index in [4.69, 9.17) is 5.73 Å². The number of nitrogens with two attached hydrogens (primary N) is 1. The van der Waals surface area contributed by atoms with Gasteiger partial charge in [0.05, 0.1) is 12.2 Å². The van der Waals surface area contributed by atoms with Gasteiger partial charge >= 0.3 is 0 Å². The van der Waals surface area contributed by atoms with E-state index in [-0.39, 0.29) is 17.8 Å². The second-order valence-corrected chi connectivity index (χ2v) is 3.62. The molecular weight excluding hydrogens is 232 g/mol. The average molecular weight is 241 g/mol. The van der Waals surface area contributed by atoms with E-state index < -0.39 is 29.5 Å². The van der Waals surface area contributed by atoms with Gasteiger partial charge in [0.2, 0.25) is 11.8 Å². The molecule has 1 aliphatic heterocycles. The quantitative estimate of drug-likeness (QED) is 0.698.